The van der Waals surface area contributed by atoms with Crippen molar-refractivity contribution in [1.82, 2.24) is 0 Å². The molecule has 0 fully saturated rings. The maximum atomic E-state index is 16.4. The van der Waals surface area contributed by atoms with Crippen molar-refractivity contribution in [3.63, 3.8) is 0 Å². The van der Waals surface area contributed by atoms with E-state index in [1.165, 1.54) is 38.1 Å². The second-order valence-electron chi connectivity index (χ2n) is 22.5. The van der Waals surface area contributed by atoms with E-state index in [1.807, 2.05) is 46.8 Å². The first kappa shape index (κ1) is 60.0. The molecule has 8 rings (SSSR count). The van der Waals surface area contributed by atoms with Gasteiger partial charge in [-0.1, -0.05) is 139 Å². The van der Waals surface area contributed by atoms with Crippen LogP contribution in [-0.2, 0) is 22.7 Å². The molecule has 0 unspecified atom stereocenters. The van der Waals surface area contributed by atoms with Crippen LogP contribution in [0.4, 0.5) is 79.0 Å². The summed E-state index contributed by atoms with van der Waals surface area (Å²) < 4.78 is 269. The van der Waals surface area contributed by atoms with Crippen LogP contribution < -0.4 is 0 Å². The lowest BCUT2D eigenvalue weighted by Gasteiger charge is -2.34. The Morgan fingerprint density at radius 2 is 0.593 bits per heavy atom. The summed E-state index contributed by atoms with van der Waals surface area (Å²) >= 11 is 0. The molecule has 0 saturated heterocycles. The first-order valence-corrected chi connectivity index (χ1v) is 24.8. The largest absolute Gasteiger partial charge is 0.460 e. The van der Waals surface area contributed by atoms with Gasteiger partial charge in [0.1, 0.15) is 0 Å². The Balaban J connectivity index is 1.65. The standard InChI is InChI=1S/C61H48F18N2/c1-29-23-35(52(5,6)7)24-30(2)45(29)47-37-15-11-13-17-39(37)49(40-18-14-12-16-38(40)47)51(81-80)50-43-27-33(54(62,63)56(66,67)58(70,71)60(74,75)76)19-21-41(43)48(46-31(3)25-36(26-32(46)4)53(8,9)10)42-22-20-34(28-44(42)50)55(64,65)57(68,69)59(72,73)61(77,78)79/h11-28H,1-10H3. The summed E-state index contributed by atoms with van der Waals surface area (Å²) in [5.74, 6) is -42.6. The van der Waals surface area contributed by atoms with Gasteiger partial charge in [0.2, 0.25) is 0 Å². The van der Waals surface area contributed by atoms with Gasteiger partial charge in [-0.2, -0.15) is 83.8 Å². The molecule has 0 saturated carbocycles. The summed E-state index contributed by atoms with van der Waals surface area (Å²) in [6.07, 6.45) is -14.6. The van der Waals surface area contributed by atoms with E-state index >= 15 is 35.1 Å². The number of hydrogen-bond donors (Lipinski definition) is 0. The van der Waals surface area contributed by atoms with E-state index < -0.39 is 97.2 Å². The molecule has 0 aromatic heterocycles. The Kier molecular flexibility index (Phi) is 14.1. The SMILES string of the molecule is Cc1cc(C(C)(C)C)cc(C)c1-c1c2ccccc2c(C(=[N+]=[N-])c2c3cc(C(F)(F)C(F)(F)C(F)(F)C(F)(F)F)ccc3c(-c3c(C)cc(C(C)(C)C)cc3C)c3ccc(C(F)(F)C(F)(F)C(F)(F)C(F)(F)F)cc23)c2ccccc12. The monoisotopic (exact) mass is 1150 g/mol. The summed E-state index contributed by atoms with van der Waals surface area (Å²) in [4.78, 5) is 3.51. The maximum Gasteiger partial charge on any atom is 0.460 e. The highest BCUT2D eigenvalue weighted by Gasteiger charge is 2.83. The van der Waals surface area contributed by atoms with Crippen LogP contribution in [0.15, 0.2) is 109 Å². The highest BCUT2D eigenvalue weighted by molar-refractivity contribution is 6.35. The second kappa shape index (κ2) is 19.0. The number of benzene rings is 8. The Morgan fingerprint density at radius 1 is 0.321 bits per heavy atom. The Bertz CT molecular complexity index is 3720. The van der Waals surface area contributed by atoms with Gasteiger partial charge in [0, 0.05) is 11.1 Å². The zero-order valence-electron chi connectivity index (χ0n) is 44.6. The fourth-order valence-corrected chi connectivity index (χ4v) is 10.7. The van der Waals surface area contributed by atoms with Crippen LogP contribution in [0.5, 0.6) is 0 Å². The highest BCUT2D eigenvalue weighted by Crippen LogP contribution is 2.60. The molecule has 0 spiro atoms. The molecule has 20 heteroatoms. The van der Waals surface area contributed by atoms with Gasteiger partial charge >= 0.3 is 53.6 Å². The van der Waals surface area contributed by atoms with Gasteiger partial charge in [-0.15, -0.1) is 0 Å². The van der Waals surface area contributed by atoms with Crippen LogP contribution in [0, 0.1) is 27.7 Å². The third-order valence-corrected chi connectivity index (χ3v) is 14.9. The van der Waals surface area contributed by atoms with Crippen LogP contribution in [0.25, 0.3) is 70.9 Å². The van der Waals surface area contributed by atoms with Crippen LogP contribution in [-0.4, -0.2) is 46.5 Å². The molecule has 0 aliphatic carbocycles. The molecule has 0 aliphatic heterocycles. The van der Waals surface area contributed by atoms with Gasteiger partial charge in [0.25, 0.3) is 0 Å². The number of nitrogens with zero attached hydrogens (tertiary/aromatic N) is 2. The third-order valence-electron chi connectivity index (χ3n) is 14.9. The molecule has 0 radical (unpaired) electrons. The molecule has 0 aliphatic rings. The lowest BCUT2D eigenvalue weighted by atomic mass is 9.77. The summed E-state index contributed by atoms with van der Waals surface area (Å²) in [5, 5.41) is -2.12. The van der Waals surface area contributed by atoms with Crippen molar-refractivity contribution in [1.29, 1.82) is 0 Å². The molecule has 0 bridgehead atoms. The molecule has 8 aromatic carbocycles. The zero-order chi connectivity index (χ0) is 60.7. The van der Waals surface area contributed by atoms with Crippen molar-refractivity contribution in [2.24, 2.45) is 0 Å². The Labute approximate surface area is 452 Å². The quantitative estimate of drug-likeness (QED) is 0.0430. The lowest BCUT2D eigenvalue weighted by Crippen LogP contribution is -2.59. The number of halogens is 18. The Morgan fingerprint density at radius 3 is 0.864 bits per heavy atom. The van der Waals surface area contributed by atoms with Gasteiger partial charge in [0.15, 0.2) is 0 Å². The number of hydrogen-bond acceptors (Lipinski definition) is 0. The van der Waals surface area contributed by atoms with E-state index in [9.17, 15) is 49.4 Å². The molecular formula is C61H48F18N2. The van der Waals surface area contributed by atoms with Gasteiger partial charge in [-0.3, -0.25) is 0 Å². The predicted octanol–water partition coefficient (Wildman–Crippen LogP) is 20.4. The van der Waals surface area contributed by atoms with Gasteiger partial charge in [-0.05, 0) is 149 Å². The summed E-state index contributed by atoms with van der Waals surface area (Å²) in [5.41, 5.74) is 8.33. The summed E-state index contributed by atoms with van der Waals surface area (Å²) in [6, 6.07) is 20.6. The number of rotatable bonds is 10. The van der Waals surface area contributed by atoms with Crippen LogP contribution in [0.3, 0.4) is 0 Å². The zero-order valence-corrected chi connectivity index (χ0v) is 44.6. The van der Waals surface area contributed by atoms with Gasteiger partial charge in [-0.25, -0.2) is 0 Å². The summed E-state index contributed by atoms with van der Waals surface area (Å²) in [7, 11) is 0. The predicted molar refractivity (Wildman–Crippen MR) is 277 cm³/mol. The molecule has 0 heterocycles. The average molecular weight is 1150 g/mol. The van der Waals surface area contributed by atoms with Crippen LogP contribution in [0.2, 0.25) is 0 Å². The molecule has 8 aromatic rings. The number of aryl methyl sites for hydroxylation is 4. The molecule has 0 amide bonds. The third kappa shape index (κ3) is 9.09. The maximum absolute atomic E-state index is 16.4. The minimum Gasteiger partial charge on any atom is -0.361 e. The van der Waals surface area contributed by atoms with E-state index in [2.05, 4.69) is 4.79 Å². The minimum atomic E-state index is -7.45. The first-order valence-electron chi connectivity index (χ1n) is 24.8. The van der Waals surface area contributed by atoms with E-state index in [0.29, 0.717) is 39.6 Å². The smallest absolute Gasteiger partial charge is 0.361 e. The number of fused-ring (bicyclic) bond motifs is 4. The van der Waals surface area contributed by atoms with Gasteiger partial charge < -0.3 is 5.53 Å². The lowest BCUT2D eigenvalue weighted by molar-refractivity contribution is -0.399. The van der Waals surface area contributed by atoms with E-state index in [1.54, 1.807) is 57.2 Å². The van der Waals surface area contributed by atoms with Crippen molar-refractivity contribution in [3.8, 4) is 22.3 Å². The average Bonchev–Trinajstić information content (AvgIpc) is 3.02. The van der Waals surface area contributed by atoms with Crippen LogP contribution >= 0.6 is 0 Å². The van der Waals surface area contributed by atoms with Crippen molar-refractivity contribution < 1.29 is 83.8 Å². The highest BCUT2D eigenvalue weighted by atomic mass is 19.4. The van der Waals surface area contributed by atoms with Crippen molar-refractivity contribution >= 4 is 48.8 Å². The van der Waals surface area contributed by atoms with Crippen LogP contribution in [0.1, 0.15) is 97.2 Å². The van der Waals surface area contributed by atoms with Crippen molar-refractivity contribution in [3.05, 3.63) is 170 Å². The van der Waals surface area contributed by atoms with E-state index in [4.69, 9.17) is 0 Å². The minimum absolute atomic E-state index is 0.0210. The fourth-order valence-electron chi connectivity index (χ4n) is 10.7. The van der Waals surface area contributed by atoms with Crippen molar-refractivity contribution in [2.45, 2.75) is 128 Å². The number of alkyl halides is 18. The second-order valence-corrected chi connectivity index (χ2v) is 22.5. The van der Waals surface area contributed by atoms with Crippen molar-refractivity contribution in [2.75, 3.05) is 0 Å². The molecule has 428 valence electrons. The summed E-state index contributed by atoms with van der Waals surface area (Å²) in [6.45, 7) is 18.0. The normalized spacial score (nSPS) is 13.9. The van der Waals surface area contributed by atoms with E-state index in [-0.39, 0.29) is 68.3 Å². The fraction of sp³-hybridized carbons (Fsp3) is 0.328. The molecule has 2 nitrogen and oxygen atoms in total. The molecule has 81 heavy (non-hydrogen) atoms. The molecular weight excluding hydrogens is 1100 g/mol. The van der Waals surface area contributed by atoms with E-state index in [0.717, 1.165) is 16.7 Å². The topological polar surface area (TPSA) is 36.4 Å². The Hall–Kier alpha value is -7.08. The van der Waals surface area contributed by atoms with Gasteiger partial charge in [0.05, 0.1) is 11.1 Å². The molecule has 0 atom stereocenters. The first-order chi connectivity index (χ1) is 36.9. The molecule has 0 N–H and O–H groups in total.